The Labute approximate surface area is 207 Å². The van der Waals surface area contributed by atoms with Crippen LogP contribution in [0.4, 0.5) is 10.3 Å². The van der Waals surface area contributed by atoms with Crippen molar-refractivity contribution in [1.82, 2.24) is 24.5 Å². The molecule has 0 bridgehead atoms. The molecule has 0 aliphatic carbocycles. The van der Waals surface area contributed by atoms with Gasteiger partial charge in [0.05, 0.1) is 18.2 Å². The first-order valence-corrected chi connectivity index (χ1v) is 11.7. The lowest BCUT2D eigenvalue weighted by atomic mass is 10.0. The van der Waals surface area contributed by atoms with Crippen LogP contribution in [0.5, 0.6) is 0 Å². The van der Waals surface area contributed by atoms with Gasteiger partial charge in [0.15, 0.2) is 5.65 Å². The van der Waals surface area contributed by atoms with Crippen molar-refractivity contribution in [2.75, 3.05) is 11.9 Å². The summed E-state index contributed by atoms with van der Waals surface area (Å²) >= 11 is 0. The van der Waals surface area contributed by atoms with Gasteiger partial charge in [-0.1, -0.05) is 18.2 Å². The van der Waals surface area contributed by atoms with Gasteiger partial charge in [-0.15, -0.1) is 5.10 Å². The fourth-order valence-electron chi connectivity index (χ4n) is 4.27. The van der Waals surface area contributed by atoms with Gasteiger partial charge in [-0.05, 0) is 66.9 Å². The van der Waals surface area contributed by atoms with E-state index < -0.39 is 0 Å². The van der Waals surface area contributed by atoms with E-state index in [9.17, 15) is 14.3 Å². The molecule has 0 aliphatic heterocycles. The molecule has 0 saturated carbocycles. The molecule has 0 saturated heterocycles. The molecule has 1 amide bonds. The van der Waals surface area contributed by atoms with Crippen LogP contribution in [0.25, 0.3) is 27.7 Å². The SMILES string of the molecule is C[C@H](NC(=O)c1cn(C)c2ccc(-c3ccn4nc(N[C@@H](C)CO)nc4c3)cc12)c1cccc(F)c1. The number of hydrogen-bond acceptors (Lipinski definition) is 5. The summed E-state index contributed by atoms with van der Waals surface area (Å²) in [6.45, 7) is 3.66. The van der Waals surface area contributed by atoms with Gasteiger partial charge in [0.2, 0.25) is 5.95 Å². The predicted octanol–water partition coefficient (Wildman–Crippen LogP) is 4.31. The number of nitrogens with one attached hydrogen (secondary N) is 2. The van der Waals surface area contributed by atoms with Crippen molar-refractivity contribution >= 4 is 28.4 Å². The molecule has 3 heterocycles. The number of fused-ring (bicyclic) bond motifs is 2. The summed E-state index contributed by atoms with van der Waals surface area (Å²) in [6, 6.07) is 15.6. The lowest BCUT2D eigenvalue weighted by molar-refractivity contribution is 0.0941. The number of rotatable bonds is 7. The number of aliphatic hydroxyl groups excluding tert-OH is 1. The maximum absolute atomic E-state index is 13.6. The van der Waals surface area contributed by atoms with Gasteiger partial charge in [0.25, 0.3) is 5.91 Å². The third kappa shape index (κ3) is 4.52. The van der Waals surface area contributed by atoms with Crippen LogP contribution in [-0.4, -0.2) is 42.8 Å². The van der Waals surface area contributed by atoms with Crippen molar-refractivity contribution < 1.29 is 14.3 Å². The van der Waals surface area contributed by atoms with E-state index >= 15 is 0 Å². The smallest absolute Gasteiger partial charge is 0.253 e. The molecule has 0 fully saturated rings. The molecule has 184 valence electrons. The van der Waals surface area contributed by atoms with Crippen molar-refractivity contribution in [3.63, 3.8) is 0 Å². The minimum atomic E-state index is -0.349. The quantitative estimate of drug-likeness (QED) is 0.319. The zero-order chi connectivity index (χ0) is 25.4. The summed E-state index contributed by atoms with van der Waals surface area (Å²) in [5, 5.41) is 20.5. The van der Waals surface area contributed by atoms with Crippen LogP contribution in [0.1, 0.15) is 35.8 Å². The zero-order valence-electron chi connectivity index (χ0n) is 20.2. The highest BCUT2D eigenvalue weighted by Crippen LogP contribution is 2.29. The zero-order valence-corrected chi connectivity index (χ0v) is 20.2. The molecule has 8 nitrogen and oxygen atoms in total. The predicted molar refractivity (Wildman–Crippen MR) is 137 cm³/mol. The van der Waals surface area contributed by atoms with Gasteiger partial charge in [-0.2, -0.15) is 4.98 Å². The Kier molecular flexibility index (Phi) is 6.15. The average molecular weight is 487 g/mol. The number of aryl methyl sites for hydroxylation is 1. The number of benzene rings is 2. The molecule has 0 aliphatic rings. The van der Waals surface area contributed by atoms with Gasteiger partial charge >= 0.3 is 0 Å². The number of pyridine rings is 1. The van der Waals surface area contributed by atoms with E-state index in [1.807, 2.05) is 68.2 Å². The highest BCUT2D eigenvalue weighted by atomic mass is 19.1. The van der Waals surface area contributed by atoms with Crippen LogP contribution in [0, 0.1) is 5.82 Å². The number of hydrogen-bond donors (Lipinski definition) is 3. The van der Waals surface area contributed by atoms with Crippen LogP contribution >= 0.6 is 0 Å². The normalized spacial score (nSPS) is 13.1. The lowest BCUT2D eigenvalue weighted by Crippen LogP contribution is -2.26. The van der Waals surface area contributed by atoms with Crippen molar-refractivity contribution in [2.24, 2.45) is 7.05 Å². The van der Waals surface area contributed by atoms with E-state index in [-0.39, 0.29) is 30.4 Å². The Morgan fingerprint density at radius 3 is 2.69 bits per heavy atom. The van der Waals surface area contributed by atoms with E-state index in [2.05, 4.69) is 20.7 Å². The number of aromatic nitrogens is 4. The molecule has 9 heteroatoms. The Bertz CT molecular complexity index is 1570. The van der Waals surface area contributed by atoms with Crippen molar-refractivity contribution in [3.8, 4) is 11.1 Å². The molecule has 2 aromatic carbocycles. The van der Waals surface area contributed by atoms with Crippen LogP contribution in [0.2, 0.25) is 0 Å². The average Bonchev–Trinajstić information content (AvgIpc) is 3.43. The van der Waals surface area contributed by atoms with Crippen LogP contribution in [-0.2, 0) is 7.05 Å². The van der Waals surface area contributed by atoms with Crippen molar-refractivity contribution in [3.05, 3.63) is 83.9 Å². The Hall–Kier alpha value is -4.24. The van der Waals surface area contributed by atoms with Crippen molar-refractivity contribution in [1.29, 1.82) is 0 Å². The molecule has 36 heavy (non-hydrogen) atoms. The summed E-state index contributed by atoms with van der Waals surface area (Å²) < 4.78 is 17.2. The number of amides is 1. The molecular formula is C27H27FN6O2. The fraction of sp³-hybridized carbons (Fsp3) is 0.222. The molecule has 3 aromatic heterocycles. The molecule has 0 unspecified atom stereocenters. The Balaban J connectivity index is 1.46. The van der Waals surface area contributed by atoms with E-state index in [4.69, 9.17) is 0 Å². The molecule has 0 radical (unpaired) electrons. The van der Waals surface area contributed by atoms with Gasteiger partial charge in [-0.3, -0.25) is 4.79 Å². The van der Waals surface area contributed by atoms with E-state index in [0.717, 1.165) is 22.0 Å². The maximum atomic E-state index is 13.6. The topological polar surface area (TPSA) is 96.5 Å². The summed E-state index contributed by atoms with van der Waals surface area (Å²) in [4.78, 5) is 17.7. The van der Waals surface area contributed by atoms with Gasteiger partial charge < -0.3 is 20.3 Å². The third-order valence-corrected chi connectivity index (χ3v) is 6.25. The highest BCUT2D eigenvalue weighted by molar-refractivity contribution is 6.08. The number of anilines is 1. The van der Waals surface area contributed by atoms with Crippen LogP contribution < -0.4 is 10.6 Å². The van der Waals surface area contributed by atoms with Crippen molar-refractivity contribution in [2.45, 2.75) is 25.9 Å². The second-order valence-corrected chi connectivity index (χ2v) is 9.02. The molecule has 5 aromatic rings. The minimum absolute atomic E-state index is 0.0190. The fourth-order valence-corrected chi connectivity index (χ4v) is 4.27. The van der Waals surface area contributed by atoms with Crippen LogP contribution in [0.3, 0.4) is 0 Å². The van der Waals surface area contributed by atoms with E-state index in [1.165, 1.54) is 12.1 Å². The van der Waals surface area contributed by atoms with E-state index in [1.54, 1.807) is 16.6 Å². The summed E-state index contributed by atoms with van der Waals surface area (Å²) in [5.74, 6) is -0.117. The second-order valence-electron chi connectivity index (χ2n) is 9.02. The first-order chi connectivity index (χ1) is 17.3. The number of aliphatic hydroxyl groups is 1. The minimum Gasteiger partial charge on any atom is -0.394 e. The highest BCUT2D eigenvalue weighted by Gasteiger charge is 2.18. The first kappa shape index (κ1) is 23.5. The Morgan fingerprint density at radius 1 is 1.11 bits per heavy atom. The first-order valence-electron chi connectivity index (χ1n) is 11.7. The number of carbonyl (C=O) groups excluding carboxylic acids is 1. The molecular weight excluding hydrogens is 459 g/mol. The molecule has 0 spiro atoms. The summed E-state index contributed by atoms with van der Waals surface area (Å²) in [7, 11) is 1.90. The third-order valence-electron chi connectivity index (χ3n) is 6.25. The number of halogens is 1. The molecule has 3 N–H and O–H groups in total. The second kappa shape index (κ2) is 9.43. The number of carbonyl (C=O) groups is 1. The summed E-state index contributed by atoms with van der Waals surface area (Å²) in [5.41, 5.74) is 4.70. The van der Waals surface area contributed by atoms with Crippen LogP contribution in [0.15, 0.2) is 67.0 Å². The largest absolute Gasteiger partial charge is 0.394 e. The standard InChI is InChI=1S/C27H27FN6O2/c1-16(15-35)29-27-31-25-13-20(9-10-34(25)32-27)19-7-8-24-22(12-19)23(14-33(24)3)26(36)30-17(2)18-5-4-6-21(28)11-18/h4-14,16-17,35H,15H2,1-3H3,(H,29,32)(H,30,36)/t16-,17-/m0/s1. The lowest BCUT2D eigenvalue weighted by Gasteiger charge is -2.14. The van der Waals surface area contributed by atoms with Gasteiger partial charge in [0.1, 0.15) is 5.82 Å². The number of nitrogens with zero attached hydrogens (tertiary/aromatic N) is 4. The monoisotopic (exact) mass is 486 g/mol. The summed E-state index contributed by atoms with van der Waals surface area (Å²) in [6.07, 6.45) is 3.64. The Morgan fingerprint density at radius 2 is 1.92 bits per heavy atom. The molecule has 2 atom stereocenters. The molecule has 5 rings (SSSR count). The van der Waals surface area contributed by atoms with Gasteiger partial charge in [0, 0.05) is 36.4 Å². The van der Waals surface area contributed by atoms with E-state index in [0.29, 0.717) is 22.7 Å². The van der Waals surface area contributed by atoms with Gasteiger partial charge in [-0.25, -0.2) is 8.91 Å². The maximum Gasteiger partial charge on any atom is 0.253 e.